The molecule has 3 heterocycles. The molecule has 2 amide bonds. The van der Waals surface area contributed by atoms with E-state index < -0.39 is 0 Å². The molecule has 0 spiro atoms. The number of aromatic nitrogens is 1. The van der Waals surface area contributed by atoms with E-state index >= 15 is 0 Å². The highest BCUT2D eigenvalue weighted by Gasteiger charge is 2.21. The van der Waals surface area contributed by atoms with Crippen LogP contribution in [0.2, 0.25) is 0 Å². The van der Waals surface area contributed by atoms with Gasteiger partial charge in [0.1, 0.15) is 5.82 Å². The lowest BCUT2D eigenvalue weighted by Crippen LogP contribution is -2.37. The van der Waals surface area contributed by atoms with E-state index in [1.165, 1.54) is 22.6 Å². The Balaban J connectivity index is 1.18. The van der Waals surface area contributed by atoms with Crippen molar-refractivity contribution >= 4 is 23.2 Å². The minimum atomic E-state index is -0.315. The highest BCUT2D eigenvalue weighted by Crippen LogP contribution is 2.24. The van der Waals surface area contributed by atoms with Gasteiger partial charge in [0, 0.05) is 49.3 Å². The van der Waals surface area contributed by atoms with E-state index in [1.54, 1.807) is 29.7 Å². The van der Waals surface area contributed by atoms with Crippen LogP contribution in [0.3, 0.4) is 0 Å². The maximum atomic E-state index is 13.0. The maximum Gasteiger partial charge on any atom is 0.224 e. The third-order valence-corrected chi connectivity index (χ3v) is 6.09. The normalized spacial score (nSPS) is 13.2. The van der Waals surface area contributed by atoms with Gasteiger partial charge in [0.15, 0.2) is 11.7 Å². The largest absolute Gasteiger partial charge is 0.441 e. The van der Waals surface area contributed by atoms with Crippen LogP contribution < -0.4 is 5.32 Å². The number of nitrogens with zero attached hydrogens (tertiary/aromatic N) is 2. The van der Waals surface area contributed by atoms with E-state index in [-0.39, 0.29) is 24.1 Å². The second-order valence-corrected chi connectivity index (χ2v) is 8.16. The molecule has 0 atom stereocenters. The van der Waals surface area contributed by atoms with Crippen molar-refractivity contribution in [2.24, 2.45) is 0 Å². The molecule has 2 aromatic heterocycles. The molecule has 0 saturated carbocycles. The molecular formula is C22H22FN3O3S. The first kappa shape index (κ1) is 20.3. The Morgan fingerprint density at radius 1 is 1.20 bits per heavy atom. The lowest BCUT2D eigenvalue weighted by molar-refractivity contribution is -0.132. The molecule has 1 aliphatic rings. The molecule has 0 saturated heterocycles. The van der Waals surface area contributed by atoms with Crippen molar-refractivity contribution in [3.05, 3.63) is 64.1 Å². The molecule has 6 nitrogen and oxygen atoms in total. The molecule has 4 rings (SSSR count). The van der Waals surface area contributed by atoms with Gasteiger partial charge < -0.3 is 14.6 Å². The fourth-order valence-corrected chi connectivity index (χ4v) is 4.30. The third-order valence-electron chi connectivity index (χ3n) is 5.07. The Morgan fingerprint density at radius 3 is 2.87 bits per heavy atom. The van der Waals surface area contributed by atoms with Crippen molar-refractivity contribution in [3.8, 4) is 11.3 Å². The van der Waals surface area contributed by atoms with E-state index in [0.717, 1.165) is 18.5 Å². The molecule has 0 bridgehead atoms. The van der Waals surface area contributed by atoms with Crippen molar-refractivity contribution in [2.45, 2.75) is 32.2 Å². The molecule has 1 N–H and O–H groups in total. The number of hydrogen-bond acceptors (Lipinski definition) is 5. The van der Waals surface area contributed by atoms with Crippen molar-refractivity contribution in [3.63, 3.8) is 0 Å². The van der Waals surface area contributed by atoms with Gasteiger partial charge in [-0.1, -0.05) is 0 Å². The zero-order valence-electron chi connectivity index (χ0n) is 16.4. The van der Waals surface area contributed by atoms with E-state index in [2.05, 4.69) is 21.7 Å². The summed E-state index contributed by atoms with van der Waals surface area (Å²) in [4.78, 5) is 31.8. The SMILES string of the molecule is O=C(CCc1ncc(-c2ccc(F)cc2)o1)NCCC(=O)N1CCc2sccc2C1. The summed E-state index contributed by atoms with van der Waals surface area (Å²) in [5.41, 5.74) is 1.96. The summed E-state index contributed by atoms with van der Waals surface area (Å²) >= 11 is 1.74. The van der Waals surface area contributed by atoms with Crippen molar-refractivity contribution < 1.29 is 18.4 Å². The van der Waals surface area contributed by atoms with Crippen LogP contribution in [0, 0.1) is 5.82 Å². The van der Waals surface area contributed by atoms with Gasteiger partial charge in [-0.25, -0.2) is 9.37 Å². The predicted octanol–water partition coefficient (Wildman–Crippen LogP) is 3.57. The fourth-order valence-electron chi connectivity index (χ4n) is 3.41. The Bertz CT molecular complexity index is 1030. The van der Waals surface area contributed by atoms with Crippen molar-refractivity contribution in [2.75, 3.05) is 13.1 Å². The van der Waals surface area contributed by atoms with E-state index in [1.807, 2.05) is 4.90 Å². The zero-order valence-corrected chi connectivity index (χ0v) is 17.2. The summed E-state index contributed by atoms with van der Waals surface area (Å²) in [6.07, 6.45) is 3.34. The average Bonchev–Trinajstić information content (AvgIpc) is 3.41. The second-order valence-electron chi connectivity index (χ2n) is 7.16. The zero-order chi connectivity index (χ0) is 20.9. The molecule has 8 heteroatoms. The lowest BCUT2D eigenvalue weighted by Gasteiger charge is -2.27. The molecule has 0 fully saturated rings. The monoisotopic (exact) mass is 427 g/mol. The number of carbonyl (C=O) groups is 2. The number of nitrogens with one attached hydrogen (secondary N) is 1. The first-order valence-corrected chi connectivity index (χ1v) is 10.8. The van der Waals surface area contributed by atoms with Crippen LogP contribution in [0.1, 0.15) is 29.2 Å². The highest BCUT2D eigenvalue weighted by molar-refractivity contribution is 7.10. The number of rotatable bonds is 7. The summed E-state index contributed by atoms with van der Waals surface area (Å²) in [6.45, 7) is 1.71. The van der Waals surface area contributed by atoms with Gasteiger partial charge in [0.25, 0.3) is 0 Å². The Labute approximate surface area is 177 Å². The number of carbonyl (C=O) groups excluding carboxylic acids is 2. The number of fused-ring (bicyclic) bond motifs is 1. The van der Waals surface area contributed by atoms with Gasteiger partial charge >= 0.3 is 0 Å². The predicted molar refractivity (Wildman–Crippen MR) is 111 cm³/mol. The van der Waals surface area contributed by atoms with E-state index in [0.29, 0.717) is 37.6 Å². The van der Waals surface area contributed by atoms with Crippen molar-refractivity contribution in [1.29, 1.82) is 0 Å². The molecule has 30 heavy (non-hydrogen) atoms. The minimum Gasteiger partial charge on any atom is -0.441 e. The molecule has 0 aliphatic carbocycles. The topological polar surface area (TPSA) is 75.4 Å². The average molecular weight is 428 g/mol. The minimum absolute atomic E-state index is 0.0591. The first-order valence-electron chi connectivity index (χ1n) is 9.89. The molecule has 156 valence electrons. The van der Waals surface area contributed by atoms with Crippen LogP contribution >= 0.6 is 11.3 Å². The van der Waals surface area contributed by atoms with Crippen LogP contribution in [0.25, 0.3) is 11.3 Å². The fraction of sp³-hybridized carbons (Fsp3) is 0.318. The summed E-state index contributed by atoms with van der Waals surface area (Å²) in [7, 11) is 0. The van der Waals surface area contributed by atoms with Gasteiger partial charge in [-0.15, -0.1) is 11.3 Å². The highest BCUT2D eigenvalue weighted by atomic mass is 32.1. The standard InChI is InChI=1S/C22H22FN3O3S/c23-17-3-1-15(2-4-17)18-13-25-21(29-18)6-5-20(27)24-10-7-22(28)26-11-8-19-16(14-26)9-12-30-19/h1-4,9,12-13H,5-8,10-11,14H2,(H,24,27). The molecule has 1 aromatic carbocycles. The number of aryl methyl sites for hydroxylation is 1. The number of oxazole rings is 1. The number of hydrogen-bond donors (Lipinski definition) is 1. The van der Waals surface area contributed by atoms with Gasteiger partial charge in [-0.05, 0) is 47.7 Å². The van der Waals surface area contributed by atoms with E-state index in [9.17, 15) is 14.0 Å². The maximum absolute atomic E-state index is 13.0. The molecular weight excluding hydrogens is 405 g/mol. The van der Waals surface area contributed by atoms with E-state index in [4.69, 9.17) is 4.42 Å². The van der Waals surface area contributed by atoms with Gasteiger partial charge in [0.05, 0.1) is 6.20 Å². The van der Waals surface area contributed by atoms with Gasteiger partial charge in [-0.3, -0.25) is 9.59 Å². The lowest BCUT2D eigenvalue weighted by atomic mass is 10.1. The summed E-state index contributed by atoms with van der Waals surface area (Å²) in [5, 5.41) is 4.85. The summed E-state index contributed by atoms with van der Waals surface area (Å²) < 4.78 is 18.6. The van der Waals surface area contributed by atoms with Gasteiger partial charge in [0.2, 0.25) is 11.8 Å². The summed E-state index contributed by atoms with van der Waals surface area (Å²) in [5.74, 6) is 0.573. The number of halogens is 1. The third kappa shape index (κ3) is 4.94. The van der Waals surface area contributed by atoms with Crippen LogP contribution in [0.15, 0.2) is 46.3 Å². The molecule has 0 radical (unpaired) electrons. The smallest absolute Gasteiger partial charge is 0.224 e. The molecule has 3 aromatic rings. The Kier molecular flexibility index (Phi) is 6.23. The second kappa shape index (κ2) is 9.21. The quantitative estimate of drug-likeness (QED) is 0.626. The summed E-state index contributed by atoms with van der Waals surface area (Å²) in [6, 6.07) is 8.02. The van der Waals surface area contributed by atoms with Crippen molar-refractivity contribution in [1.82, 2.24) is 15.2 Å². The number of thiophene rings is 1. The molecule has 0 unspecified atom stereocenters. The van der Waals surface area contributed by atoms with Gasteiger partial charge in [-0.2, -0.15) is 0 Å². The Morgan fingerprint density at radius 2 is 2.03 bits per heavy atom. The van der Waals surface area contributed by atoms with Crippen LogP contribution in [0.5, 0.6) is 0 Å². The van der Waals surface area contributed by atoms with Crippen LogP contribution in [-0.4, -0.2) is 34.8 Å². The van der Waals surface area contributed by atoms with Crippen LogP contribution in [-0.2, 0) is 29.0 Å². The Hall–Kier alpha value is -3.00. The van der Waals surface area contributed by atoms with Crippen LogP contribution in [0.4, 0.5) is 4.39 Å². The molecule has 1 aliphatic heterocycles. The number of amides is 2. The first-order chi connectivity index (χ1) is 14.6. The number of benzene rings is 1.